The molecule has 1 aliphatic rings. The van der Waals surface area contributed by atoms with Crippen molar-refractivity contribution in [3.05, 3.63) is 64.4 Å². The van der Waals surface area contributed by atoms with Crippen LogP contribution in [0.1, 0.15) is 12.0 Å². The number of hydrogen-bond acceptors (Lipinski definition) is 4. The van der Waals surface area contributed by atoms with Crippen LogP contribution in [0.2, 0.25) is 0 Å². The van der Waals surface area contributed by atoms with Gasteiger partial charge in [0.05, 0.1) is 11.5 Å². The summed E-state index contributed by atoms with van der Waals surface area (Å²) in [6.45, 7) is -0.0754. The van der Waals surface area contributed by atoms with Crippen LogP contribution in [0.3, 0.4) is 0 Å². The van der Waals surface area contributed by atoms with Crippen LogP contribution in [0.25, 0.3) is 0 Å². The summed E-state index contributed by atoms with van der Waals surface area (Å²) in [5, 5.41) is 0. The van der Waals surface area contributed by atoms with Crippen molar-refractivity contribution < 1.29 is 22.3 Å². The minimum Gasteiger partial charge on any atom is -0.484 e. The van der Waals surface area contributed by atoms with Gasteiger partial charge in [-0.05, 0) is 48.4 Å². The zero-order valence-corrected chi connectivity index (χ0v) is 16.9. The van der Waals surface area contributed by atoms with Gasteiger partial charge in [-0.1, -0.05) is 28.1 Å². The van der Waals surface area contributed by atoms with Gasteiger partial charge >= 0.3 is 0 Å². The summed E-state index contributed by atoms with van der Waals surface area (Å²) in [6, 6.07) is 12.6. The minimum atomic E-state index is -3.16. The molecular weight excluding hydrogens is 437 g/mol. The molecule has 1 fully saturated rings. The van der Waals surface area contributed by atoms with Crippen molar-refractivity contribution in [2.45, 2.75) is 19.0 Å². The number of halogens is 2. The number of carbonyl (C=O) groups excluding carboxylic acids is 1. The first-order valence-electron chi connectivity index (χ1n) is 8.45. The second kappa shape index (κ2) is 8.39. The molecule has 2 aromatic rings. The van der Waals surface area contributed by atoms with Crippen molar-refractivity contribution in [3.63, 3.8) is 0 Å². The van der Waals surface area contributed by atoms with E-state index < -0.39 is 21.7 Å². The van der Waals surface area contributed by atoms with E-state index in [-0.39, 0.29) is 30.6 Å². The molecule has 144 valence electrons. The molecule has 0 saturated carbocycles. The third kappa shape index (κ3) is 5.52. The predicted octanol–water partition coefficient (Wildman–Crippen LogP) is 3.18. The van der Waals surface area contributed by atoms with Crippen LogP contribution < -0.4 is 4.74 Å². The highest BCUT2D eigenvalue weighted by Crippen LogP contribution is 2.21. The van der Waals surface area contributed by atoms with E-state index in [1.807, 2.05) is 0 Å². The molecule has 0 bridgehead atoms. The fourth-order valence-corrected chi connectivity index (χ4v) is 5.03. The Labute approximate surface area is 166 Å². The lowest BCUT2D eigenvalue weighted by molar-refractivity contribution is -0.136. The van der Waals surface area contributed by atoms with Crippen LogP contribution in [0.5, 0.6) is 5.75 Å². The van der Waals surface area contributed by atoms with Crippen LogP contribution in [-0.4, -0.2) is 43.4 Å². The van der Waals surface area contributed by atoms with Crippen molar-refractivity contribution >= 4 is 31.7 Å². The summed E-state index contributed by atoms with van der Waals surface area (Å²) in [5.74, 6) is -0.213. The third-order valence-electron chi connectivity index (χ3n) is 4.39. The fourth-order valence-electron chi connectivity index (χ4n) is 3.03. The van der Waals surface area contributed by atoms with Gasteiger partial charge < -0.3 is 9.64 Å². The van der Waals surface area contributed by atoms with E-state index in [1.165, 1.54) is 17.0 Å². The Hall–Kier alpha value is -1.93. The maximum absolute atomic E-state index is 13.5. The Morgan fingerprint density at radius 1 is 1.22 bits per heavy atom. The molecule has 1 atom stereocenters. The molecule has 27 heavy (non-hydrogen) atoms. The largest absolute Gasteiger partial charge is 0.484 e. The highest BCUT2D eigenvalue weighted by molar-refractivity contribution is 9.10. The van der Waals surface area contributed by atoms with E-state index in [0.29, 0.717) is 17.7 Å². The second-order valence-corrected chi connectivity index (χ2v) is 9.60. The SMILES string of the molecule is O=C(COc1ccc(Br)cc1)N(Cc1cccc(F)c1)[C@H]1CCS(=O)(=O)C1. The molecule has 5 nitrogen and oxygen atoms in total. The van der Waals surface area contributed by atoms with Gasteiger partial charge in [0.2, 0.25) is 0 Å². The van der Waals surface area contributed by atoms with Gasteiger partial charge in [0.25, 0.3) is 5.91 Å². The zero-order chi connectivity index (χ0) is 19.4. The molecule has 8 heteroatoms. The Bertz CT molecular complexity index is 918. The van der Waals surface area contributed by atoms with E-state index in [4.69, 9.17) is 4.74 Å². The van der Waals surface area contributed by atoms with Crippen molar-refractivity contribution in [1.82, 2.24) is 4.90 Å². The first-order valence-corrected chi connectivity index (χ1v) is 11.1. The fraction of sp³-hybridized carbons (Fsp3) is 0.316. The lowest BCUT2D eigenvalue weighted by Gasteiger charge is -2.28. The average molecular weight is 456 g/mol. The summed E-state index contributed by atoms with van der Waals surface area (Å²) < 4.78 is 43.6. The number of rotatable bonds is 6. The number of nitrogens with zero attached hydrogens (tertiary/aromatic N) is 1. The molecule has 0 unspecified atom stereocenters. The molecule has 0 radical (unpaired) electrons. The van der Waals surface area contributed by atoms with E-state index in [0.717, 1.165) is 4.47 Å². The Morgan fingerprint density at radius 3 is 2.59 bits per heavy atom. The smallest absolute Gasteiger partial charge is 0.261 e. The van der Waals surface area contributed by atoms with Gasteiger partial charge in [-0.25, -0.2) is 12.8 Å². The van der Waals surface area contributed by atoms with Gasteiger partial charge in [0, 0.05) is 17.1 Å². The number of hydrogen-bond donors (Lipinski definition) is 0. The van der Waals surface area contributed by atoms with E-state index in [9.17, 15) is 17.6 Å². The lowest BCUT2D eigenvalue weighted by atomic mass is 10.1. The summed E-state index contributed by atoms with van der Waals surface area (Å²) >= 11 is 3.33. The molecule has 2 aromatic carbocycles. The van der Waals surface area contributed by atoms with Crippen molar-refractivity contribution in [3.8, 4) is 5.75 Å². The molecule has 1 aliphatic heterocycles. The number of carbonyl (C=O) groups is 1. The van der Waals surface area contributed by atoms with Gasteiger partial charge in [-0.2, -0.15) is 0 Å². The molecule has 0 aliphatic carbocycles. The molecule has 0 spiro atoms. The summed E-state index contributed by atoms with van der Waals surface area (Å²) in [6.07, 6.45) is 0.377. The number of amides is 1. The molecule has 1 saturated heterocycles. The molecule has 3 rings (SSSR count). The first-order chi connectivity index (χ1) is 12.8. The molecule has 0 N–H and O–H groups in total. The lowest BCUT2D eigenvalue weighted by Crippen LogP contribution is -2.43. The maximum Gasteiger partial charge on any atom is 0.261 e. The standard InChI is InChI=1S/C19H19BrFNO4S/c20-15-4-6-18(7-5-15)26-12-19(23)22(17-8-9-27(24,25)13-17)11-14-2-1-3-16(21)10-14/h1-7,10,17H,8-9,11-13H2/t17-/m0/s1. The molecule has 1 amide bonds. The van der Waals surface area contributed by atoms with Crippen LogP contribution >= 0.6 is 15.9 Å². The summed E-state index contributed by atoms with van der Waals surface area (Å²) in [5.41, 5.74) is 0.608. The minimum absolute atomic E-state index is 0.0537. The Balaban J connectivity index is 1.73. The van der Waals surface area contributed by atoms with Crippen LogP contribution in [0.4, 0.5) is 4.39 Å². The normalized spacial score (nSPS) is 18.2. The van der Waals surface area contributed by atoms with Gasteiger partial charge in [-0.3, -0.25) is 4.79 Å². The monoisotopic (exact) mass is 455 g/mol. The highest BCUT2D eigenvalue weighted by atomic mass is 79.9. The van der Waals surface area contributed by atoms with E-state index in [2.05, 4.69) is 15.9 Å². The summed E-state index contributed by atoms with van der Waals surface area (Å²) in [7, 11) is -3.16. The van der Waals surface area contributed by atoms with Crippen LogP contribution in [0.15, 0.2) is 53.0 Å². The average Bonchev–Trinajstić information content (AvgIpc) is 2.98. The first kappa shape index (κ1) is 19.8. The zero-order valence-electron chi connectivity index (χ0n) is 14.5. The van der Waals surface area contributed by atoms with Crippen LogP contribution in [0, 0.1) is 5.82 Å². The Kier molecular flexibility index (Phi) is 6.16. The highest BCUT2D eigenvalue weighted by Gasteiger charge is 2.34. The molecule has 0 aromatic heterocycles. The van der Waals surface area contributed by atoms with Crippen LogP contribution in [-0.2, 0) is 21.2 Å². The second-order valence-electron chi connectivity index (χ2n) is 6.45. The van der Waals surface area contributed by atoms with E-state index in [1.54, 1.807) is 36.4 Å². The van der Waals surface area contributed by atoms with Crippen molar-refractivity contribution in [2.75, 3.05) is 18.1 Å². The van der Waals surface area contributed by atoms with Gasteiger partial charge in [0.1, 0.15) is 11.6 Å². The maximum atomic E-state index is 13.5. The molecule has 1 heterocycles. The topological polar surface area (TPSA) is 63.7 Å². The third-order valence-corrected chi connectivity index (χ3v) is 6.67. The number of sulfone groups is 1. The number of benzene rings is 2. The summed E-state index contributed by atoms with van der Waals surface area (Å²) in [4.78, 5) is 14.3. The van der Waals surface area contributed by atoms with Crippen molar-refractivity contribution in [1.29, 1.82) is 0 Å². The molecular formula is C19H19BrFNO4S. The van der Waals surface area contributed by atoms with Gasteiger partial charge in [0.15, 0.2) is 16.4 Å². The van der Waals surface area contributed by atoms with Crippen molar-refractivity contribution in [2.24, 2.45) is 0 Å². The van der Waals surface area contributed by atoms with Gasteiger partial charge in [-0.15, -0.1) is 0 Å². The Morgan fingerprint density at radius 2 is 1.96 bits per heavy atom. The predicted molar refractivity (Wildman–Crippen MR) is 104 cm³/mol. The van der Waals surface area contributed by atoms with E-state index >= 15 is 0 Å². The quantitative estimate of drug-likeness (QED) is 0.670. The number of ether oxygens (including phenoxy) is 1.